The lowest BCUT2D eigenvalue weighted by Crippen LogP contribution is -2.34. The molecule has 0 saturated carbocycles. The first-order valence-electron chi connectivity index (χ1n) is 7.15. The fourth-order valence-corrected chi connectivity index (χ4v) is 2.47. The fourth-order valence-electron chi connectivity index (χ4n) is 2.47. The highest BCUT2D eigenvalue weighted by molar-refractivity contribution is 5.89. The number of anilines is 2. The van der Waals surface area contributed by atoms with Crippen LogP contribution in [0.3, 0.4) is 0 Å². The highest BCUT2D eigenvalue weighted by Gasteiger charge is 2.15. The van der Waals surface area contributed by atoms with E-state index in [-0.39, 0.29) is 12.0 Å². The van der Waals surface area contributed by atoms with Crippen molar-refractivity contribution in [3.63, 3.8) is 0 Å². The minimum absolute atomic E-state index is 0.0868. The summed E-state index contributed by atoms with van der Waals surface area (Å²) < 4.78 is 0. The molecule has 1 heterocycles. The molecule has 20 heavy (non-hydrogen) atoms. The summed E-state index contributed by atoms with van der Waals surface area (Å²) in [4.78, 5) is 13.3. The first-order valence-corrected chi connectivity index (χ1v) is 7.15. The minimum atomic E-state index is -0.377. The predicted octanol–water partition coefficient (Wildman–Crippen LogP) is 1.51. The molecule has 110 valence electrons. The molecule has 3 N–H and O–H groups in total. The zero-order valence-electron chi connectivity index (χ0n) is 11.9. The largest absolute Gasteiger partial charge is 0.390 e. The number of rotatable bonds is 6. The molecule has 5 nitrogen and oxygen atoms in total. The number of carbonyl (C=O) groups is 1. The molecule has 0 radical (unpaired) electrons. The number of nitrogens with zero attached hydrogens (tertiary/aromatic N) is 1. The second-order valence-electron chi connectivity index (χ2n) is 5.30. The monoisotopic (exact) mass is 277 g/mol. The van der Waals surface area contributed by atoms with Gasteiger partial charge in [-0.1, -0.05) is 6.07 Å². The Morgan fingerprint density at radius 2 is 2.05 bits per heavy atom. The summed E-state index contributed by atoms with van der Waals surface area (Å²) in [5.74, 6) is -0.0868. The number of amides is 1. The number of likely N-dealkylation sites (tertiary alicyclic amines) is 1. The van der Waals surface area contributed by atoms with Crippen LogP contribution >= 0.6 is 0 Å². The maximum absolute atomic E-state index is 11.0. The molecule has 0 aromatic heterocycles. The topological polar surface area (TPSA) is 64.6 Å². The molecule has 1 amide bonds. The van der Waals surface area contributed by atoms with Crippen LogP contribution in [0.1, 0.15) is 19.8 Å². The van der Waals surface area contributed by atoms with Gasteiger partial charge < -0.3 is 20.6 Å². The molecule has 0 spiro atoms. The summed E-state index contributed by atoms with van der Waals surface area (Å²) in [6, 6.07) is 7.51. The van der Waals surface area contributed by atoms with Gasteiger partial charge >= 0.3 is 0 Å². The number of aliphatic hydroxyl groups excluding tert-OH is 1. The number of hydrogen-bond acceptors (Lipinski definition) is 4. The Kier molecular flexibility index (Phi) is 5.38. The Hall–Kier alpha value is -1.59. The van der Waals surface area contributed by atoms with Crippen LogP contribution in [-0.4, -0.2) is 48.2 Å². The molecule has 1 aliphatic heterocycles. The predicted molar refractivity (Wildman–Crippen MR) is 80.9 cm³/mol. The second kappa shape index (κ2) is 7.26. The number of aliphatic hydroxyl groups is 1. The van der Waals surface area contributed by atoms with Gasteiger partial charge in [-0.05, 0) is 44.1 Å². The Bertz CT molecular complexity index is 444. The van der Waals surface area contributed by atoms with Crippen molar-refractivity contribution in [1.82, 2.24) is 4.90 Å². The van der Waals surface area contributed by atoms with Gasteiger partial charge in [0.15, 0.2) is 0 Å². The zero-order valence-corrected chi connectivity index (χ0v) is 11.9. The van der Waals surface area contributed by atoms with E-state index in [1.165, 1.54) is 19.8 Å². The standard InChI is InChI=1S/C15H23N3O2/c1-12(19)17-14-6-4-5-13(9-14)16-10-15(20)11-18-7-2-3-8-18/h4-6,9,15-16,20H,2-3,7-8,10-11H2,1H3,(H,17,19). The second-order valence-corrected chi connectivity index (χ2v) is 5.30. The van der Waals surface area contributed by atoms with Crippen LogP contribution in [0.4, 0.5) is 11.4 Å². The van der Waals surface area contributed by atoms with Gasteiger partial charge in [0, 0.05) is 31.4 Å². The summed E-state index contributed by atoms with van der Waals surface area (Å²) in [5.41, 5.74) is 1.66. The van der Waals surface area contributed by atoms with Gasteiger partial charge in [-0.15, -0.1) is 0 Å². The molecule has 2 rings (SSSR count). The first kappa shape index (κ1) is 14.8. The summed E-state index contributed by atoms with van der Waals surface area (Å²) in [6.45, 7) is 4.91. The van der Waals surface area contributed by atoms with Gasteiger partial charge in [0.2, 0.25) is 5.91 Å². The number of hydrogen-bond donors (Lipinski definition) is 3. The number of β-amino-alcohol motifs (C(OH)–C–C–N with tert-alkyl or cyclic N) is 1. The first-order chi connectivity index (χ1) is 9.63. The minimum Gasteiger partial charge on any atom is -0.390 e. The molecular formula is C15H23N3O2. The molecule has 1 saturated heterocycles. The third-order valence-electron chi connectivity index (χ3n) is 3.39. The highest BCUT2D eigenvalue weighted by atomic mass is 16.3. The lowest BCUT2D eigenvalue weighted by atomic mass is 10.2. The van der Waals surface area contributed by atoms with Crippen LogP contribution in [0.5, 0.6) is 0 Å². The van der Waals surface area contributed by atoms with E-state index < -0.39 is 0 Å². The summed E-state index contributed by atoms with van der Waals surface area (Å²) in [7, 11) is 0. The van der Waals surface area contributed by atoms with Crippen molar-refractivity contribution in [2.75, 3.05) is 36.8 Å². The van der Waals surface area contributed by atoms with Crippen molar-refractivity contribution < 1.29 is 9.90 Å². The number of carbonyl (C=O) groups excluding carboxylic acids is 1. The lowest BCUT2D eigenvalue weighted by Gasteiger charge is -2.20. The van der Waals surface area contributed by atoms with Crippen LogP contribution in [0.2, 0.25) is 0 Å². The van der Waals surface area contributed by atoms with Crippen LogP contribution in [0.25, 0.3) is 0 Å². The van der Waals surface area contributed by atoms with Crippen molar-refractivity contribution >= 4 is 17.3 Å². The van der Waals surface area contributed by atoms with Crippen LogP contribution in [-0.2, 0) is 4.79 Å². The molecule has 1 atom stereocenters. The fraction of sp³-hybridized carbons (Fsp3) is 0.533. The number of benzene rings is 1. The summed E-state index contributed by atoms with van der Waals surface area (Å²) in [5, 5.41) is 16.0. The van der Waals surface area contributed by atoms with E-state index in [0.29, 0.717) is 6.54 Å². The lowest BCUT2D eigenvalue weighted by molar-refractivity contribution is -0.114. The van der Waals surface area contributed by atoms with Gasteiger partial charge in [0.1, 0.15) is 0 Å². The van der Waals surface area contributed by atoms with Gasteiger partial charge in [-0.25, -0.2) is 0 Å². The van der Waals surface area contributed by atoms with E-state index in [0.717, 1.165) is 31.0 Å². The Morgan fingerprint density at radius 3 is 2.75 bits per heavy atom. The molecule has 5 heteroatoms. The maximum Gasteiger partial charge on any atom is 0.221 e. The Morgan fingerprint density at radius 1 is 1.35 bits per heavy atom. The van der Waals surface area contributed by atoms with Gasteiger partial charge in [-0.2, -0.15) is 0 Å². The summed E-state index contributed by atoms with van der Waals surface area (Å²) >= 11 is 0. The molecule has 1 aromatic carbocycles. The third kappa shape index (κ3) is 4.83. The van der Waals surface area contributed by atoms with Gasteiger partial charge in [-0.3, -0.25) is 4.79 Å². The average molecular weight is 277 g/mol. The van der Waals surface area contributed by atoms with E-state index in [1.54, 1.807) is 0 Å². The smallest absolute Gasteiger partial charge is 0.221 e. The molecule has 0 aliphatic carbocycles. The SMILES string of the molecule is CC(=O)Nc1cccc(NCC(O)CN2CCCC2)c1. The van der Waals surface area contributed by atoms with Crippen molar-refractivity contribution in [2.24, 2.45) is 0 Å². The van der Waals surface area contributed by atoms with Crippen LogP contribution in [0, 0.1) is 0 Å². The van der Waals surface area contributed by atoms with Gasteiger partial charge in [0.25, 0.3) is 0 Å². The average Bonchev–Trinajstić information content (AvgIpc) is 2.89. The summed E-state index contributed by atoms with van der Waals surface area (Å²) in [6.07, 6.45) is 2.09. The highest BCUT2D eigenvalue weighted by Crippen LogP contribution is 2.15. The van der Waals surface area contributed by atoms with E-state index >= 15 is 0 Å². The molecule has 0 bridgehead atoms. The molecule has 1 unspecified atom stereocenters. The molecule has 1 aromatic rings. The third-order valence-corrected chi connectivity index (χ3v) is 3.39. The van der Waals surface area contributed by atoms with Crippen molar-refractivity contribution in [3.05, 3.63) is 24.3 Å². The van der Waals surface area contributed by atoms with Crippen molar-refractivity contribution in [1.29, 1.82) is 0 Å². The van der Waals surface area contributed by atoms with Crippen LogP contribution < -0.4 is 10.6 Å². The normalized spacial score (nSPS) is 16.9. The Labute approximate surface area is 120 Å². The van der Waals surface area contributed by atoms with E-state index in [4.69, 9.17) is 0 Å². The van der Waals surface area contributed by atoms with Crippen molar-refractivity contribution in [2.45, 2.75) is 25.9 Å². The van der Waals surface area contributed by atoms with E-state index in [1.807, 2.05) is 24.3 Å². The molecular weight excluding hydrogens is 254 g/mol. The Balaban J connectivity index is 1.79. The maximum atomic E-state index is 11.0. The van der Waals surface area contributed by atoms with Crippen LogP contribution in [0.15, 0.2) is 24.3 Å². The molecule has 1 aliphatic rings. The van der Waals surface area contributed by atoms with Crippen molar-refractivity contribution in [3.8, 4) is 0 Å². The number of nitrogens with one attached hydrogen (secondary N) is 2. The van der Waals surface area contributed by atoms with E-state index in [2.05, 4.69) is 15.5 Å². The zero-order chi connectivity index (χ0) is 14.4. The quantitative estimate of drug-likeness (QED) is 0.737. The molecule has 1 fully saturated rings. The van der Waals surface area contributed by atoms with E-state index in [9.17, 15) is 9.90 Å². The van der Waals surface area contributed by atoms with Gasteiger partial charge in [0.05, 0.1) is 6.10 Å².